The topological polar surface area (TPSA) is 69.3 Å². The summed E-state index contributed by atoms with van der Waals surface area (Å²) in [6.45, 7) is 2.09. The number of sulfone groups is 1. The van der Waals surface area contributed by atoms with Gasteiger partial charge < -0.3 is 4.42 Å². The van der Waals surface area contributed by atoms with Gasteiger partial charge in [0.1, 0.15) is 5.82 Å². The third-order valence-electron chi connectivity index (χ3n) is 3.64. The minimum absolute atomic E-state index is 0.0263. The smallest absolute Gasteiger partial charge is 0.408 e. The lowest BCUT2D eigenvalue weighted by molar-refractivity contribution is 0.513. The van der Waals surface area contributed by atoms with Crippen molar-refractivity contribution in [3.63, 3.8) is 0 Å². The zero-order chi connectivity index (χ0) is 17.5. The number of fused-ring (bicyclic) bond motifs is 1. The number of oxazole rings is 1. The highest BCUT2D eigenvalue weighted by molar-refractivity contribution is 7.90. The number of rotatable bonds is 4. The first kappa shape index (κ1) is 16.7. The largest absolute Gasteiger partial charge is 0.419 e. The standard InChI is InChI=1S/C16H13ClFNO4S/c1-2-19-13-8-15(12(17)7-14(13)23-16(19)20)24(21,22)9-10-3-5-11(18)6-4-10/h3-8H,2,9H2,1H3. The van der Waals surface area contributed by atoms with Crippen LogP contribution in [0.4, 0.5) is 4.39 Å². The van der Waals surface area contributed by atoms with Crippen LogP contribution in [0.1, 0.15) is 12.5 Å². The van der Waals surface area contributed by atoms with E-state index in [4.69, 9.17) is 16.0 Å². The van der Waals surface area contributed by atoms with Crippen LogP contribution in [0.3, 0.4) is 0 Å². The van der Waals surface area contributed by atoms with Gasteiger partial charge in [-0.05, 0) is 30.7 Å². The molecule has 24 heavy (non-hydrogen) atoms. The molecule has 0 radical (unpaired) electrons. The lowest BCUT2D eigenvalue weighted by Gasteiger charge is -2.08. The highest BCUT2D eigenvalue weighted by Gasteiger charge is 2.22. The Labute approximate surface area is 142 Å². The van der Waals surface area contributed by atoms with Gasteiger partial charge in [0.2, 0.25) is 0 Å². The van der Waals surface area contributed by atoms with E-state index in [0.717, 1.165) is 0 Å². The summed E-state index contributed by atoms with van der Waals surface area (Å²) in [7, 11) is -3.78. The van der Waals surface area contributed by atoms with Gasteiger partial charge in [0, 0.05) is 12.6 Å². The monoisotopic (exact) mass is 369 g/mol. The molecule has 0 amide bonds. The molecule has 0 spiro atoms. The molecule has 8 heteroatoms. The van der Waals surface area contributed by atoms with Crippen LogP contribution in [-0.4, -0.2) is 13.0 Å². The minimum atomic E-state index is -3.78. The third kappa shape index (κ3) is 2.97. The van der Waals surface area contributed by atoms with Crippen molar-refractivity contribution >= 4 is 32.5 Å². The molecular weight excluding hydrogens is 357 g/mol. The van der Waals surface area contributed by atoms with E-state index in [1.165, 1.54) is 41.0 Å². The highest BCUT2D eigenvalue weighted by Crippen LogP contribution is 2.29. The van der Waals surface area contributed by atoms with Gasteiger partial charge in [-0.3, -0.25) is 4.57 Å². The second-order valence-electron chi connectivity index (χ2n) is 5.25. The Balaban J connectivity index is 2.11. The van der Waals surface area contributed by atoms with E-state index in [1.54, 1.807) is 6.92 Å². The van der Waals surface area contributed by atoms with Gasteiger partial charge in [0.15, 0.2) is 15.4 Å². The summed E-state index contributed by atoms with van der Waals surface area (Å²) >= 11 is 6.07. The SMILES string of the molecule is CCn1c(=O)oc2cc(Cl)c(S(=O)(=O)Cc3ccc(F)cc3)cc21. The molecule has 0 bridgehead atoms. The van der Waals surface area contributed by atoms with Gasteiger partial charge in [-0.15, -0.1) is 0 Å². The first-order valence-corrected chi connectivity index (χ1v) is 9.15. The van der Waals surface area contributed by atoms with Crippen molar-refractivity contribution in [2.45, 2.75) is 24.1 Å². The van der Waals surface area contributed by atoms with Gasteiger partial charge in [-0.1, -0.05) is 23.7 Å². The maximum absolute atomic E-state index is 13.0. The summed E-state index contributed by atoms with van der Waals surface area (Å²) in [6, 6.07) is 7.85. The molecule has 0 atom stereocenters. The van der Waals surface area contributed by atoms with E-state index in [0.29, 0.717) is 17.6 Å². The van der Waals surface area contributed by atoms with Crippen molar-refractivity contribution in [2.24, 2.45) is 0 Å². The third-order valence-corrected chi connectivity index (χ3v) is 5.79. The van der Waals surface area contributed by atoms with Crippen molar-refractivity contribution in [3.05, 3.63) is 63.4 Å². The molecule has 0 fully saturated rings. The molecular formula is C16H13ClFNO4S. The van der Waals surface area contributed by atoms with E-state index < -0.39 is 21.4 Å². The Morgan fingerprint density at radius 1 is 1.21 bits per heavy atom. The Morgan fingerprint density at radius 3 is 2.50 bits per heavy atom. The second-order valence-corrected chi connectivity index (χ2v) is 7.61. The number of hydrogen-bond acceptors (Lipinski definition) is 4. The molecule has 126 valence electrons. The molecule has 0 saturated carbocycles. The fraction of sp³-hybridized carbons (Fsp3) is 0.188. The Morgan fingerprint density at radius 2 is 1.88 bits per heavy atom. The molecule has 0 aliphatic heterocycles. The van der Waals surface area contributed by atoms with Crippen molar-refractivity contribution in [1.82, 2.24) is 4.57 Å². The van der Waals surface area contributed by atoms with Crippen LogP contribution >= 0.6 is 11.6 Å². The maximum Gasteiger partial charge on any atom is 0.419 e. The van der Waals surface area contributed by atoms with E-state index in [-0.39, 0.29) is 21.3 Å². The molecule has 1 heterocycles. The molecule has 2 aromatic carbocycles. The van der Waals surface area contributed by atoms with E-state index >= 15 is 0 Å². The Kier molecular flexibility index (Phi) is 4.23. The average Bonchev–Trinajstić information content (AvgIpc) is 2.82. The molecule has 0 aliphatic rings. The lowest BCUT2D eigenvalue weighted by Crippen LogP contribution is -2.12. The van der Waals surface area contributed by atoms with Crippen LogP contribution in [-0.2, 0) is 22.1 Å². The van der Waals surface area contributed by atoms with E-state index in [2.05, 4.69) is 0 Å². The quantitative estimate of drug-likeness (QED) is 0.707. The maximum atomic E-state index is 13.0. The van der Waals surface area contributed by atoms with Gasteiger partial charge >= 0.3 is 5.76 Å². The van der Waals surface area contributed by atoms with Gasteiger partial charge in [-0.25, -0.2) is 17.6 Å². The second kappa shape index (κ2) is 6.07. The molecule has 0 aliphatic carbocycles. The fourth-order valence-corrected chi connectivity index (χ4v) is 4.42. The first-order valence-electron chi connectivity index (χ1n) is 7.12. The van der Waals surface area contributed by atoms with Gasteiger partial charge in [0.05, 0.1) is 21.2 Å². The zero-order valence-corrected chi connectivity index (χ0v) is 14.2. The first-order chi connectivity index (χ1) is 11.3. The fourth-order valence-electron chi connectivity index (χ4n) is 2.48. The molecule has 5 nitrogen and oxygen atoms in total. The number of hydrogen-bond donors (Lipinski definition) is 0. The number of aromatic nitrogens is 1. The van der Waals surface area contributed by atoms with E-state index in [1.807, 2.05) is 0 Å². The summed E-state index contributed by atoms with van der Waals surface area (Å²) < 4.78 is 44.7. The van der Waals surface area contributed by atoms with Crippen LogP contribution in [0.15, 0.2) is 50.5 Å². The van der Waals surface area contributed by atoms with Crippen LogP contribution < -0.4 is 5.76 Å². The van der Waals surface area contributed by atoms with Crippen molar-refractivity contribution in [3.8, 4) is 0 Å². The molecule has 0 saturated heterocycles. The molecule has 0 N–H and O–H groups in total. The van der Waals surface area contributed by atoms with Gasteiger partial charge in [-0.2, -0.15) is 0 Å². The number of aryl methyl sites for hydroxylation is 1. The Hall–Kier alpha value is -2.12. The van der Waals surface area contributed by atoms with Crippen LogP contribution in [0.2, 0.25) is 5.02 Å². The summed E-state index contributed by atoms with van der Waals surface area (Å²) in [5.41, 5.74) is 1.03. The minimum Gasteiger partial charge on any atom is -0.408 e. The lowest BCUT2D eigenvalue weighted by atomic mass is 10.2. The van der Waals surface area contributed by atoms with Crippen LogP contribution in [0, 0.1) is 5.82 Å². The average molecular weight is 370 g/mol. The molecule has 0 unspecified atom stereocenters. The predicted molar refractivity (Wildman–Crippen MR) is 88.4 cm³/mol. The summed E-state index contributed by atoms with van der Waals surface area (Å²) in [5.74, 6) is -1.34. The van der Waals surface area contributed by atoms with Crippen LogP contribution in [0.5, 0.6) is 0 Å². The van der Waals surface area contributed by atoms with E-state index in [9.17, 15) is 17.6 Å². The summed E-state index contributed by atoms with van der Waals surface area (Å²) in [6.07, 6.45) is 0. The predicted octanol–water partition coefficient (Wildman–Crippen LogP) is 3.38. The molecule has 1 aromatic heterocycles. The van der Waals surface area contributed by atoms with Crippen molar-refractivity contribution < 1.29 is 17.2 Å². The van der Waals surface area contributed by atoms with Crippen molar-refractivity contribution in [2.75, 3.05) is 0 Å². The molecule has 3 rings (SSSR count). The summed E-state index contributed by atoms with van der Waals surface area (Å²) in [4.78, 5) is 11.6. The zero-order valence-electron chi connectivity index (χ0n) is 12.6. The highest BCUT2D eigenvalue weighted by atomic mass is 35.5. The normalized spacial score (nSPS) is 12.0. The van der Waals surface area contributed by atoms with Crippen molar-refractivity contribution in [1.29, 1.82) is 0 Å². The van der Waals surface area contributed by atoms with Crippen LogP contribution in [0.25, 0.3) is 11.1 Å². The molecule has 3 aromatic rings. The number of nitrogens with zero attached hydrogens (tertiary/aromatic N) is 1. The number of benzene rings is 2. The number of halogens is 2. The summed E-state index contributed by atoms with van der Waals surface area (Å²) in [5, 5.41) is -0.0263. The van der Waals surface area contributed by atoms with Gasteiger partial charge in [0.25, 0.3) is 0 Å². The Bertz CT molecular complexity index is 1070.